The van der Waals surface area contributed by atoms with E-state index in [4.69, 9.17) is 0 Å². The van der Waals surface area contributed by atoms with Gasteiger partial charge in [0.05, 0.1) is 0 Å². The van der Waals surface area contributed by atoms with Crippen molar-refractivity contribution >= 4 is 0 Å². The maximum absolute atomic E-state index is 13.3. The zero-order valence-corrected chi connectivity index (χ0v) is 7.30. The molecule has 0 bridgehead atoms. The largest absolute Gasteiger partial charge is 0.206 e. The zero-order chi connectivity index (χ0) is 9.97. The van der Waals surface area contributed by atoms with Crippen LogP contribution in [0.5, 0.6) is 0 Å². The molecule has 0 amide bonds. The lowest BCUT2D eigenvalue weighted by molar-refractivity contribution is 0.615. The highest BCUT2D eigenvalue weighted by atomic mass is 19.1. The summed E-state index contributed by atoms with van der Waals surface area (Å²) in [6, 6.07) is 13.1. The molecule has 14 heavy (non-hydrogen) atoms. The molecular weight excluding hydrogens is 182 g/mol. The highest BCUT2D eigenvalue weighted by Gasteiger charge is 2.07. The van der Waals surface area contributed by atoms with E-state index in [-0.39, 0.29) is 11.1 Å². The monoisotopic (exact) mass is 189 g/mol. The quantitative estimate of drug-likeness (QED) is 0.644. The molecule has 0 aliphatic heterocycles. The summed E-state index contributed by atoms with van der Waals surface area (Å²) < 4.78 is 26.5. The number of halogens is 2. The molecule has 1 radical (unpaired) electrons. The predicted molar refractivity (Wildman–Crippen MR) is 50.6 cm³/mol. The van der Waals surface area contributed by atoms with Gasteiger partial charge in [-0.25, -0.2) is 8.78 Å². The van der Waals surface area contributed by atoms with Crippen LogP contribution in [0.3, 0.4) is 0 Å². The van der Waals surface area contributed by atoms with Gasteiger partial charge in [-0.1, -0.05) is 36.4 Å². The van der Waals surface area contributed by atoms with Gasteiger partial charge in [-0.3, -0.25) is 0 Å². The number of benzene rings is 2. The Bertz CT molecular complexity index is 406. The molecule has 0 aromatic heterocycles. The molecule has 0 aliphatic rings. The van der Waals surface area contributed by atoms with Crippen LogP contribution in [0.2, 0.25) is 0 Å². The summed E-state index contributed by atoms with van der Waals surface area (Å²) >= 11 is 0. The van der Waals surface area contributed by atoms with E-state index in [0.29, 0.717) is 0 Å². The van der Waals surface area contributed by atoms with Gasteiger partial charge in [0.2, 0.25) is 0 Å². The van der Waals surface area contributed by atoms with Gasteiger partial charge in [-0.15, -0.1) is 0 Å². The van der Waals surface area contributed by atoms with Gasteiger partial charge in [0, 0.05) is 17.2 Å². The molecule has 2 rings (SSSR count). The molecular formula is C12H7F2. The smallest absolute Gasteiger partial charge is 0.139 e. The summed E-state index contributed by atoms with van der Waals surface area (Å²) in [6.07, 6.45) is 0. The van der Waals surface area contributed by atoms with Crippen LogP contribution in [0.1, 0.15) is 0 Å². The van der Waals surface area contributed by atoms with Crippen LogP contribution in [0.15, 0.2) is 42.5 Å². The van der Waals surface area contributed by atoms with Crippen LogP contribution in [0.25, 0.3) is 11.1 Å². The number of hydrogen-bond donors (Lipinski definition) is 0. The molecule has 0 nitrogen and oxygen atoms in total. The molecule has 2 aromatic rings. The highest BCUT2D eigenvalue weighted by molar-refractivity contribution is 5.64. The van der Waals surface area contributed by atoms with Gasteiger partial charge >= 0.3 is 0 Å². The van der Waals surface area contributed by atoms with Gasteiger partial charge in [0.1, 0.15) is 11.6 Å². The van der Waals surface area contributed by atoms with Crippen LogP contribution in [0, 0.1) is 17.7 Å². The molecule has 0 fully saturated rings. The van der Waals surface area contributed by atoms with Crippen molar-refractivity contribution in [3.63, 3.8) is 0 Å². The first-order valence-corrected chi connectivity index (χ1v) is 4.20. The minimum atomic E-state index is -0.530. The minimum Gasteiger partial charge on any atom is -0.206 e. The molecule has 69 valence electrons. The third kappa shape index (κ3) is 1.51. The predicted octanol–water partition coefficient (Wildman–Crippen LogP) is 3.43. The van der Waals surface area contributed by atoms with Crippen molar-refractivity contribution in [3.8, 4) is 11.1 Å². The van der Waals surface area contributed by atoms with Crippen molar-refractivity contribution in [2.75, 3.05) is 0 Å². The van der Waals surface area contributed by atoms with E-state index >= 15 is 0 Å². The average Bonchev–Trinajstić information content (AvgIpc) is 2.20. The van der Waals surface area contributed by atoms with E-state index in [1.807, 2.05) is 0 Å². The minimum absolute atomic E-state index is 0.241. The van der Waals surface area contributed by atoms with Crippen molar-refractivity contribution in [3.05, 3.63) is 60.2 Å². The summed E-state index contributed by atoms with van der Waals surface area (Å²) in [5.74, 6) is -0.955. The Morgan fingerprint density at radius 1 is 0.857 bits per heavy atom. The van der Waals surface area contributed by atoms with E-state index in [9.17, 15) is 8.78 Å². The van der Waals surface area contributed by atoms with Gasteiger partial charge in [-0.2, -0.15) is 0 Å². The molecule has 0 saturated heterocycles. The maximum Gasteiger partial charge on any atom is 0.139 e. The first kappa shape index (κ1) is 8.88. The molecule has 0 saturated carbocycles. The molecule has 0 heterocycles. The number of hydrogen-bond acceptors (Lipinski definition) is 0. The van der Waals surface area contributed by atoms with Crippen molar-refractivity contribution in [1.29, 1.82) is 0 Å². The molecule has 0 aliphatic carbocycles. The normalized spacial score (nSPS) is 10.1. The van der Waals surface area contributed by atoms with E-state index in [1.165, 1.54) is 18.2 Å². The Balaban J connectivity index is 2.61. The Morgan fingerprint density at radius 2 is 1.57 bits per heavy atom. The fraction of sp³-hybridized carbons (Fsp3) is 0. The van der Waals surface area contributed by atoms with Gasteiger partial charge in [0.25, 0.3) is 0 Å². The van der Waals surface area contributed by atoms with Crippen molar-refractivity contribution < 1.29 is 8.78 Å². The topological polar surface area (TPSA) is 0 Å². The van der Waals surface area contributed by atoms with Gasteiger partial charge in [0.15, 0.2) is 0 Å². The van der Waals surface area contributed by atoms with Crippen molar-refractivity contribution in [2.24, 2.45) is 0 Å². The summed E-state index contributed by atoms with van der Waals surface area (Å²) in [7, 11) is 0. The first-order chi connectivity index (χ1) is 6.79. The Hall–Kier alpha value is -1.70. The first-order valence-electron chi connectivity index (χ1n) is 4.20. The van der Waals surface area contributed by atoms with Crippen LogP contribution >= 0.6 is 0 Å². The Morgan fingerprint density at radius 3 is 2.29 bits per heavy atom. The summed E-state index contributed by atoms with van der Waals surface area (Å²) in [5.41, 5.74) is 0.507. The third-order valence-corrected chi connectivity index (χ3v) is 1.97. The summed E-state index contributed by atoms with van der Waals surface area (Å²) in [4.78, 5) is 0. The fourth-order valence-electron chi connectivity index (χ4n) is 1.30. The Labute approximate surface area is 80.8 Å². The SMILES string of the molecule is Fc1[c]cccc1-c1ccccc1F. The van der Waals surface area contributed by atoms with Crippen LogP contribution in [-0.2, 0) is 0 Å². The van der Waals surface area contributed by atoms with Crippen molar-refractivity contribution in [1.82, 2.24) is 0 Å². The van der Waals surface area contributed by atoms with E-state index in [1.54, 1.807) is 24.3 Å². The molecule has 0 unspecified atom stereocenters. The number of rotatable bonds is 1. The second-order valence-corrected chi connectivity index (χ2v) is 2.88. The second kappa shape index (κ2) is 3.58. The maximum atomic E-state index is 13.3. The van der Waals surface area contributed by atoms with E-state index < -0.39 is 11.6 Å². The van der Waals surface area contributed by atoms with Crippen molar-refractivity contribution in [2.45, 2.75) is 0 Å². The zero-order valence-electron chi connectivity index (χ0n) is 7.30. The van der Waals surface area contributed by atoms with E-state index in [2.05, 4.69) is 6.07 Å². The average molecular weight is 189 g/mol. The molecule has 2 heteroatoms. The lowest BCUT2D eigenvalue weighted by atomic mass is 10.0. The lowest BCUT2D eigenvalue weighted by Gasteiger charge is -2.03. The highest BCUT2D eigenvalue weighted by Crippen LogP contribution is 2.24. The molecule has 0 spiro atoms. The molecule has 0 N–H and O–H groups in total. The standard InChI is InChI=1S/C12H7F2/c13-11-7-3-1-5-9(11)10-6-2-4-8-12(10)14/h1-7H. The van der Waals surface area contributed by atoms with Crippen LogP contribution in [-0.4, -0.2) is 0 Å². The third-order valence-electron chi connectivity index (χ3n) is 1.97. The molecule has 2 aromatic carbocycles. The van der Waals surface area contributed by atoms with Gasteiger partial charge in [-0.05, 0) is 6.07 Å². The van der Waals surface area contributed by atoms with Gasteiger partial charge < -0.3 is 0 Å². The second-order valence-electron chi connectivity index (χ2n) is 2.88. The van der Waals surface area contributed by atoms with Crippen LogP contribution in [0.4, 0.5) is 8.78 Å². The van der Waals surface area contributed by atoms with E-state index in [0.717, 1.165) is 0 Å². The molecule has 0 atom stereocenters. The summed E-state index contributed by atoms with van der Waals surface area (Å²) in [6.45, 7) is 0. The fourth-order valence-corrected chi connectivity index (χ4v) is 1.30. The lowest BCUT2D eigenvalue weighted by Crippen LogP contribution is -1.87. The Kier molecular flexibility index (Phi) is 2.27. The summed E-state index contributed by atoms with van der Waals surface area (Å²) in [5, 5.41) is 0. The van der Waals surface area contributed by atoms with Crippen LogP contribution < -0.4 is 0 Å².